The zero-order valence-corrected chi connectivity index (χ0v) is 11.8. The Labute approximate surface area is 116 Å². The molecule has 3 rings (SSSR count). The predicted molar refractivity (Wildman–Crippen MR) is 75.6 cm³/mol. The van der Waals surface area contributed by atoms with Crippen molar-refractivity contribution >= 4 is 5.91 Å². The van der Waals surface area contributed by atoms with E-state index in [1.165, 1.54) is 44.9 Å². The van der Waals surface area contributed by atoms with E-state index in [4.69, 9.17) is 5.73 Å². The topological polar surface area (TPSA) is 58.4 Å². The van der Waals surface area contributed by atoms with E-state index in [-0.39, 0.29) is 5.91 Å². The van der Waals surface area contributed by atoms with Gasteiger partial charge in [-0.15, -0.1) is 0 Å². The highest BCUT2D eigenvalue weighted by molar-refractivity contribution is 5.78. The average Bonchev–Trinajstić information content (AvgIpc) is 2.93. The highest BCUT2D eigenvalue weighted by Gasteiger charge is 2.41. The van der Waals surface area contributed by atoms with Crippen LogP contribution in [0, 0.1) is 11.8 Å². The van der Waals surface area contributed by atoms with Crippen LogP contribution < -0.4 is 11.1 Å². The third kappa shape index (κ3) is 3.11. The molecule has 3 unspecified atom stereocenters. The molecule has 0 radical (unpaired) electrons. The van der Waals surface area contributed by atoms with Gasteiger partial charge in [0.15, 0.2) is 0 Å². The normalized spacial score (nSPS) is 36.4. The van der Waals surface area contributed by atoms with Gasteiger partial charge in [-0.1, -0.05) is 19.3 Å². The number of hydrogen-bond donors (Lipinski definition) is 2. The first-order valence-electron chi connectivity index (χ1n) is 7.99. The molecule has 19 heavy (non-hydrogen) atoms. The summed E-state index contributed by atoms with van der Waals surface area (Å²) in [6.07, 6.45) is 8.65. The van der Waals surface area contributed by atoms with E-state index in [1.54, 1.807) is 0 Å². The van der Waals surface area contributed by atoms with Gasteiger partial charge >= 0.3 is 0 Å². The third-order valence-corrected chi connectivity index (χ3v) is 5.33. The summed E-state index contributed by atoms with van der Waals surface area (Å²) in [6.45, 7) is 2.69. The van der Waals surface area contributed by atoms with Crippen molar-refractivity contribution in [3.8, 4) is 0 Å². The number of carbonyl (C=O) groups is 1. The quantitative estimate of drug-likeness (QED) is 0.803. The fourth-order valence-corrected chi connectivity index (χ4v) is 4.25. The summed E-state index contributed by atoms with van der Waals surface area (Å²) < 4.78 is 0. The van der Waals surface area contributed by atoms with Crippen LogP contribution in [0.5, 0.6) is 0 Å². The summed E-state index contributed by atoms with van der Waals surface area (Å²) in [7, 11) is 0. The summed E-state index contributed by atoms with van der Waals surface area (Å²) in [6, 6.07) is 0.807. The smallest absolute Gasteiger partial charge is 0.234 e. The summed E-state index contributed by atoms with van der Waals surface area (Å²) in [5, 5.41) is 3.21. The molecule has 3 atom stereocenters. The highest BCUT2D eigenvalue weighted by Crippen LogP contribution is 2.36. The molecule has 1 aliphatic heterocycles. The second kappa shape index (κ2) is 5.80. The third-order valence-electron chi connectivity index (χ3n) is 5.33. The summed E-state index contributed by atoms with van der Waals surface area (Å²) >= 11 is 0. The van der Waals surface area contributed by atoms with E-state index >= 15 is 0 Å². The second-order valence-corrected chi connectivity index (χ2v) is 6.76. The highest BCUT2D eigenvalue weighted by atomic mass is 16.2. The van der Waals surface area contributed by atoms with Crippen LogP contribution >= 0.6 is 0 Å². The molecule has 2 saturated carbocycles. The lowest BCUT2D eigenvalue weighted by atomic mass is 9.95. The number of likely N-dealkylation sites (tertiary alicyclic amines) is 1. The molecule has 0 aromatic rings. The maximum absolute atomic E-state index is 12.1. The van der Waals surface area contributed by atoms with Crippen LogP contribution in [0.1, 0.15) is 44.9 Å². The zero-order valence-electron chi connectivity index (χ0n) is 11.8. The number of hydrogen-bond acceptors (Lipinski definition) is 3. The fraction of sp³-hybridized carbons (Fsp3) is 0.933. The van der Waals surface area contributed by atoms with Crippen LogP contribution in [0.2, 0.25) is 0 Å². The Morgan fingerprint density at radius 3 is 2.63 bits per heavy atom. The lowest BCUT2D eigenvalue weighted by Crippen LogP contribution is -2.42. The van der Waals surface area contributed by atoms with Crippen LogP contribution in [0.25, 0.3) is 0 Å². The Morgan fingerprint density at radius 2 is 1.89 bits per heavy atom. The zero-order chi connectivity index (χ0) is 13.2. The van der Waals surface area contributed by atoms with E-state index in [2.05, 4.69) is 10.2 Å². The van der Waals surface area contributed by atoms with Crippen molar-refractivity contribution in [1.82, 2.24) is 10.2 Å². The Kier molecular flexibility index (Phi) is 4.08. The summed E-state index contributed by atoms with van der Waals surface area (Å²) in [5.41, 5.74) is 6.14. The summed E-state index contributed by atoms with van der Waals surface area (Å²) in [5.74, 6) is 1.61. The monoisotopic (exact) mass is 265 g/mol. The minimum atomic E-state index is 0.223. The lowest BCUT2D eigenvalue weighted by molar-refractivity contribution is -0.123. The van der Waals surface area contributed by atoms with Crippen molar-refractivity contribution in [2.24, 2.45) is 17.6 Å². The van der Waals surface area contributed by atoms with Crippen molar-refractivity contribution < 1.29 is 4.79 Å². The maximum atomic E-state index is 12.1. The van der Waals surface area contributed by atoms with Gasteiger partial charge in [0.05, 0.1) is 6.54 Å². The van der Waals surface area contributed by atoms with E-state index in [9.17, 15) is 4.79 Å². The van der Waals surface area contributed by atoms with Crippen LogP contribution in [-0.2, 0) is 4.79 Å². The predicted octanol–water partition coefficient (Wildman–Crippen LogP) is 1.10. The molecule has 1 heterocycles. The van der Waals surface area contributed by atoms with E-state index in [0.29, 0.717) is 24.5 Å². The van der Waals surface area contributed by atoms with Gasteiger partial charge < -0.3 is 11.1 Å². The molecule has 3 N–H and O–H groups in total. The molecule has 3 fully saturated rings. The van der Waals surface area contributed by atoms with Gasteiger partial charge in [0, 0.05) is 25.2 Å². The number of nitrogens with one attached hydrogen (secondary N) is 1. The van der Waals surface area contributed by atoms with E-state index < -0.39 is 0 Å². The molecule has 1 saturated heterocycles. The van der Waals surface area contributed by atoms with Gasteiger partial charge in [-0.2, -0.15) is 0 Å². The van der Waals surface area contributed by atoms with E-state index in [1.807, 2.05) is 0 Å². The minimum Gasteiger partial charge on any atom is -0.352 e. The molecule has 1 amide bonds. The summed E-state index contributed by atoms with van der Waals surface area (Å²) in [4.78, 5) is 14.4. The van der Waals surface area contributed by atoms with Crippen molar-refractivity contribution in [1.29, 1.82) is 0 Å². The molecule has 3 aliphatic rings. The van der Waals surface area contributed by atoms with E-state index in [0.717, 1.165) is 19.0 Å². The molecule has 108 valence electrons. The fourth-order valence-electron chi connectivity index (χ4n) is 4.25. The molecule has 0 spiro atoms. The number of nitrogens with zero attached hydrogens (tertiary/aromatic N) is 1. The molecular weight excluding hydrogens is 238 g/mol. The molecular formula is C15H27N3O. The van der Waals surface area contributed by atoms with Crippen LogP contribution in [0.15, 0.2) is 0 Å². The largest absolute Gasteiger partial charge is 0.352 e. The molecule has 0 bridgehead atoms. The average molecular weight is 265 g/mol. The number of carbonyl (C=O) groups excluding carboxylic acids is 1. The van der Waals surface area contributed by atoms with Gasteiger partial charge in [-0.05, 0) is 37.5 Å². The number of fused-ring (bicyclic) bond motifs is 1. The first-order chi connectivity index (χ1) is 9.22. The standard InChI is InChI=1S/C15H27N3O/c16-14-7-6-11-8-18(9-13(11)14)10-15(19)17-12-4-2-1-3-5-12/h11-14H,1-10,16H2,(H,17,19). The van der Waals surface area contributed by atoms with Gasteiger partial charge in [-0.3, -0.25) is 9.69 Å². The van der Waals surface area contributed by atoms with Crippen LogP contribution in [0.3, 0.4) is 0 Å². The van der Waals surface area contributed by atoms with Gasteiger partial charge in [-0.25, -0.2) is 0 Å². The Balaban J connectivity index is 1.43. The molecule has 4 nitrogen and oxygen atoms in total. The second-order valence-electron chi connectivity index (χ2n) is 6.76. The van der Waals surface area contributed by atoms with Gasteiger partial charge in [0.2, 0.25) is 5.91 Å². The van der Waals surface area contributed by atoms with Gasteiger partial charge in [0.1, 0.15) is 0 Å². The first kappa shape index (κ1) is 13.4. The van der Waals surface area contributed by atoms with Crippen LogP contribution in [-0.4, -0.2) is 42.5 Å². The lowest BCUT2D eigenvalue weighted by Gasteiger charge is -2.24. The Hall–Kier alpha value is -0.610. The van der Waals surface area contributed by atoms with Crippen molar-refractivity contribution in [2.45, 2.75) is 57.0 Å². The maximum Gasteiger partial charge on any atom is 0.234 e. The first-order valence-corrected chi connectivity index (χ1v) is 7.99. The number of nitrogens with two attached hydrogens (primary N) is 1. The van der Waals surface area contributed by atoms with Crippen LogP contribution in [0.4, 0.5) is 0 Å². The number of amides is 1. The Bertz CT molecular complexity index is 327. The van der Waals surface area contributed by atoms with Crippen molar-refractivity contribution in [3.05, 3.63) is 0 Å². The van der Waals surface area contributed by atoms with Crippen molar-refractivity contribution in [3.63, 3.8) is 0 Å². The molecule has 0 aromatic heterocycles. The number of rotatable bonds is 3. The molecule has 2 aliphatic carbocycles. The van der Waals surface area contributed by atoms with Crippen molar-refractivity contribution in [2.75, 3.05) is 19.6 Å². The van der Waals surface area contributed by atoms with Gasteiger partial charge in [0.25, 0.3) is 0 Å². The SMILES string of the molecule is NC1CCC2CN(CC(=O)NC3CCCCC3)CC12. The molecule has 4 heteroatoms. The Morgan fingerprint density at radius 1 is 1.11 bits per heavy atom. The minimum absolute atomic E-state index is 0.223. The molecule has 0 aromatic carbocycles.